The number of hydrogen-bond donors (Lipinski definition) is 1. The molecule has 29 heavy (non-hydrogen) atoms. The monoisotopic (exact) mass is 490 g/mol. The molecule has 1 N–H and O–H groups in total. The molecule has 1 aliphatic rings. The Kier molecular flexibility index (Phi) is 5.61. The average molecular weight is 491 g/mol. The molecule has 1 aliphatic heterocycles. The quantitative estimate of drug-likeness (QED) is 0.572. The number of thiophene rings is 1. The lowest BCUT2D eigenvalue weighted by Gasteiger charge is -2.18. The zero-order valence-electron chi connectivity index (χ0n) is 15.7. The van der Waals surface area contributed by atoms with Crippen LogP contribution in [0.1, 0.15) is 27.0 Å². The van der Waals surface area contributed by atoms with Gasteiger partial charge in [-0.05, 0) is 70.7 Å². The van der Waals surface area contributed by atoms with Gasteiger partial charge in [-0.25, -0.2) is 13.1 Å². The lowest BCUT2D eigenvalue weighted by atomic mass is 10.1. The molecule has 150 valence electrons. The first-order valence-electron chi connectivity index (χ1n) is 9.09. The van der Waals surface area contributed by atoms with Crippen LogP contribution in [0, 0.1) is 6.92 Å². The van der Waals surface area contributed by atoms with E-state index in [9.17, 15) is 13.2 Å². The molecule has 0 atom stereocenters. The summed E-state index contributed by atoms with van der Waals surface area (Å²) in [6.07, 6.45) is 0.755. The van der Waals surface area contributed by atoms with E-state index in [1.54, 1.807) is 17.0 Å². The molecule has 1 aromatic heterocycles. The zero-order valence-corrected chi connectivity index (χ0v) is 18.9. The second-order valence-corrected chi connectivity index (χ2v) is 11.4. The Balaban J connectivity index is 1.49. The zero-order chi connectivity index (χ0) is 20.6. The number of halogens is 1. The molecule has 4 rings (SSSR count). The summed E-state index contributed by atoms with van der Waals surface area (Å²) in [5.41, 5.74) is 4.55. The normalized spacial score (nSPS) is 13.5. The summed E-state index contributed by atoms with van der Waals surface area (Å²) in [6.45, 7) is 2.80. The number of anilines is 1. The third kappa shape index (κ3) is 4.30. The molecule has 0 radical (unpaired) electrons. The largest absolute Gasteiger partial charge is 0.308 e. The second-order valence-electron chi connectivity index (χ2n) is 6.92. The van der Waals surface area contributed by atoms with Crippen molar-refractivity contribution in [3.63, 3.8) is 0 Å². The van der Waals surface area contributed by atoms with Gasteiger partial charge < -0.3 is 4.90 Å². The van der Waals surface area contributed by atoms with E-state index in [0.717, 1.165) is 32.6 Å². The fourth-order valence-electron chi connectivity index (χ4n) is 3.40. The fourth-order valence-corrected chi connectivity index (χ4v) is 6.47. The van der Waals surface area contributed by atoms with Gasteiger partial charge in [-0.1, -0.05) is 29.8 Å². The standard InChI is InChI=1S/C21H19BrN2O3S2/c1-14-3-2-4-17(11-14)21(25)24-10-9-16-12-15(5-6-18(16)24)13-23-29(26,27)20-8-7-19(22)28-20/h2-8,11-12,23H,9-10,13H2,1H3. The van der Waals surface area contributed by atoms with E-state index in [1.165, 1.54) is 11.3 Å². The molecule has 0 unspecified atom stereocenters. The summed E-state index contributed by atoms with van der Waals surface area (Å²) in [7, 11) is -3.54. The predicted octanol–water partition coefficient (Wildman–Crippen LogP) is 4.50. The number of carbonyl (C=O) groups excluding carboxylic acids is 1. The number of carbonyl (C=O) groups is 1. The second kappa shape index (κ2) is 8.02. The van der Waals surface area contributed by atoms with Gasteiger partial charge >= 0.3 is 0 Å². The lowest BCUT2D eigenvalue weighted by Crippen LogP contribution is -2.28. The van der Waals surface area contributed by atoms with Crippen LogP contribution < -0.4 is 9.62 Å². The first-order valence-corrected chi connectivity index (χ1v) is 12.2. The number of sulfonamides is 1. The number of fused-ring (bicyclic) bond motifs is 1. The van der Waals surface area contributed by atoms with Gasteiger partial charge in [0.1, 0.15) is 4.21 Å². The smallest absolute Gasteiger partial charge is 0.258 e. The van der Waals surface area contributed by atoms with Crippen LogP contribution in [0.5, 0.6) is 0 Å². The Labute approximate surface area is 182 Å². The number of nitrogens with one attached hydrogen (secondary N) is 1. The van der Waals surface area contributed by atoms with Crippen LogP contribution in [0.2, 0.25) is 0 Å². The highest BCUT2D eigenvalue weighted by Gasteiger charge is 2.26. The van der Waals surface area contributed by atoms with E-state index in [1.807, 2.05) is 49.4 Å². The maximum Gasteiger partial charge on any atom is 0.258 e. The fraction of sp³-hybridized carbons (Fsp3) is 0.190. The van der Waals surface area contributed by atoms with Gasteiger partial charge in [0.25, 0.3) is 5.91 Å². The maximum atomic E-state index is 12.9. The third-order valence-corrected chi connectivity index (χ3v) is 8.35. The van der Waals surface area contributed by atoms with Crippen molar-refractivity contribution in [1.82, 2.24) is 4.72 Å². The van der Waals surface area contributed by atoms with Crippen LogP contribution >= 0.6 is 27.3 Å². The molecule has 5 nitrogen and oxygen atoms in total. The van der Waals surface area contributed by atoms with Gasteiger partial charge in [0.2, 0.25) is 10.0 Å². The molecule has 8 heteroatoms. The first-order chi connectivity index (χ1) is 13.8. The Morgan fingerprint density at radius 3 is 2.72 bits per heavy atom. The molecule has 0 saturated heterocycles. The lowest BCUT2D eigenvalue weighted by molar-refractivity contribution is 0.0989. The van der Waals surface area contributed by atoms with Crippen LogP contribution in [-0.4, -0.2) is 20.9 Å². The molecule has 1 amide bonds. The minimum Gasteiger partial charge on any atom is -0.308 e. The van der Waals surface area contributed by atoms with Gasteiger partial charge in [0.05, 0.1) is 3.79 Å². The topological polar surface area (TPSA) is 66.5 Å². The highest BCUT2D eigenvalue weighted by Crippen LogP contribution is 2.31. The van der Waals surface area contributed by atoms with Crippen LogP contribution in [0.4, 0.5) is 5.69 Å². The third-order valence-electron chi connectivity index (χ3n) is 4.83. The molecular formula is C21H19BrN2O3S2. The van der Waals surface area contributed by atoms with Crippen molar-refractivity contribution < 1.29 is 13.2 Å². The number of amides is 1. The van der Waals surface area contributed by atoms with E-state index in [0.29, 0.717) is 12.1 Å². The molecule has 0 spiro atoms. The van der Waals surface area contributed by atoms with Gasteiger partial charge in [-0.15, -0.1) is 11.3 Å². The van der Waals surface area contributed by atoms with Crippen LogP contribution in [0.3, 0.4) is 0 Å². The van der Waals surface area contributed by atoms with Crippen molar-refractivity contribution in [3.8, 4) is 0 Å². The Hall–Kier alpha value is -2.00. The number of nitrogens with zero attached hydrogens (tertiary/aromatic N) is 1. The Morgan fingerprint density at radius 1 is 1.17 bits per heavy atom. The van der Waals surface area contributed by atoms with Gasteiger partial charge in [0, 0.05) is 24.3 Å². The maximum absolute atomic E-state index is 12.9. The highest BCUT2D eigenvalue weighted by atomic mass is 79.9. The van der Waals surface area contributed by atoms with Crippen LogP contribution in [-0.2, 0) is 23.0 Å². The van der Waals surface area contributed by atoms with Crippen molar-refractivity contribution in [2.75, 3.05) is 11.4 Å². The molecule has 0 bridgehead atoms. The molecule has 2 heterocycles. The van der Waals surface area contributed by atoms with E-state index >= 15 is 0 Å². The summed E-state index contributed by atoms with van der Waals surface area (Å²) in [4.78, 5) is 14.7. The summed E-state index contributed by atoms with van der Waals surface area (Å²) in [5, 5.41) is 0. The minimum absolute atomic E-state index is 0.0100. The van der Waals surface area contributed by atoms with Crippen LogP contribution in [0.15, 0.2) is 62.6 Å². The first kappa shape index (κ1) is 20.3. The Bertz CT molecular complexity index is 1190. The molecule has 3 aromatic rings. The molecule has 0 aliphatic carbocycles. The van der Waals surface area contributed by atoms with Crippen molar-refractivity contribution in [3.05, 3.63) is 80.6 Å². The SMILES string of the molecule is Cc1cccc(C(=O)N2CCc3cc(CNS(=O)(=O)c4ccc(Br)s4)ccc32)c1. The number of hydrogen-bond acceptors (Lipinski definition) is 4. The van der Waals surface area contributed by atoms with Crippen molar-refractivity contribution in [2.24, 2.45) is 0 Å². The minimum atomic E-state index is -3.54. The summed E-state index contributed by atoms with van der Waals surface area (Å²) < 4.78 is 28.5. The van der Waals surface area contributed by atoms with Gasteiger partial charge in [-0.2, -0.15) is 0 Å². The van der Waals surface area contributed by atoms with E-state index < -0.39 is 10.0 Å². The summed E-state index contributed by atoms with van der Waals surface area (Å²) in [6, 6.07) is 16.6. The average Bonchev–Trinajstić information content (AvgIpc) is 3.32. The molecule has 0 fully saturated rings. The van der Waals surface area contributed by atoms with E-state index in [-0.39, 0.29) is 16.7 Å². The number of aryl methyl sites for hydroxylation is 1. The molecule has 2 aromatic carbocycles. The number of rotatable bonds is 5. The van der Waals surface area contributed by atoms with Crippen molar-refractivity contribution in [1.29, 1.82) is 0 Å². The van der Waals surface area contributed by atoms with E-state index in [2.05, 4.69) is 20.7 Å². The molecular weight excluding hydrogens is 472 g/mol. The van der Waals surface area contributed by atoms with Crippen molar-refractivity contribution >= 4 is 48.9 Å². The predicted molar refractivity (Wildman–Crippen MR) is 119 cm³/mol. The number of benzene rings is 2. The highest BCUT2D eigenvalue weighted by molar-refractivity contribution is 9.11. The summed E-state index contributed by atoms with van der Waals surface area (Å²) >= 11 is 4.46. The van der Waals surface area contributed by atoms with Gasteiger partial charge in [-0.3, -0.25) is 4.79 Å². The Morgan fingerprint density at radius 2 is 2.00 bits per heavy atom. The van der Waals surface area contributed by atoms with Gasteiger partial charge in [0.15, 0.2) is 0 Å². The van der Waals surface area contributed by atoms with Crippen LogP contribution in [0.25, 0.3) is 0 Å². The van der Waals surface area contributed by atoms with E-state index in [4.69, 9.17) is 0 Å². The summed E-state index contributed by atoms with van der Waals surface area (Å²) in [5.74, 6) is -0.0100. The van der Waals surface area contributed by atoms with Crippen molar-refractivity contribution in [2.45, 2.75) is 24.1 Å². The molecule has 0 saturated carbocycles.